The van der Waals surface area contributed by atoms with E-state index in [1.165, 1.54) is 0 Å². The summed E-state index contributed by atoms with van der Waals surface area (Å²) in [4.78, 5) is 0. The molecule has 9 heteroatoms. The summed E-state index contributed by atoms with van der Waals surface area (Å²) in [6.45, 7) is -4.49. The molecular formula is C26H16B2Cl2N2O3. The van der Waals surface area contributed by atoms with Crippen LogP contribution in [0.4, 0.5) is 11.4 Å². The number of hydrogen-bond donors (Lipinski definition) is 0. The first kappa shape index (κ1) is 19.8. The first-order valence-electron chi connectivity index (χ1n) is 11.5. The second kappa shape index (κ2) is 6.58. The van der Waals surface area contributed by atoms with Gasteiger partial charge in [0.05, 0.1) is 0 Å². The molecular weight excluding hydrogens is 481 g/mol. The van der Waals surface area contributed by atoms with Crippen LogP contribution in [-0.4, -0.2) is 34.8 Å². The van der Waals surface area contributed by atoms with Gasteiger partial charge in [-0.15, -0.1) is 0 Å². The molecule has 168 valence electrons. The third-order valence-electron chi connectivity index (χ3n) is 7.41. The van der Waals surface area contributed by atoms with Gasteiger partial charge < -0.3 is 22.9 Å². The Balaban J connectivity index is 1.53. The number of hydrogen-bond acceptors (Lipinski definition) is 3. The van der Waals surface area contributed by atoms with Crippen LogP contribution in [0.3, 0.4) is 0 Å². The molecule has 0 amide bonds. The Morgan fingerprint density at radius 3 is 1.51 bits per heavy atom. The zero-order valence-electron chi connectivity index (χ0n) is 18.3. The smallest absolute Gasteiger partial charge is 0.597 e. The minimum Gasteiger partial charge on any atom is -0.628 e. The highest BCUT2D eigenvalue weighted by Crippen LogP contribution is 2.47. The summed E-state index contributed by atoms with van der Waals surface area (Å²) in [5.74, 6) is 1.41. The Labute approximate surface area is 211 Å². The number of halogens is 2. The second-order valence-electron chi connectivity index (χ2n) is 9.27. The molecule has 4 aliphatic heterocycles. The quantitative estimate of drug-likeness (QED) is 0.340. The Morgan fingerprint density at radius 1 is 0.571 bits per heavy atom. The molecule has 0 aliphatic carbocycles. The molecule has 2 atom stereocenters. The minimum absolute atomic E-state index is 0.626. The standard InChI is InChI=1S/C26H16B2Cl2N2O3/c29-19-9-11-25-23(13-19)31-15-17-5-1-3-7-21(17)27-32(24-14-20(30)10-12-26(24)33-27)16-18-6-2-4-8-22(18)28(31,34-25)35-27/h1-16H. The van der Waals surface area contributed by atoms with Gasteiger partial charge in [0.1, 0.15) is 23.9 Å². The molecule has 0 saturated carbocycles. The van der Waals surface area contributed by atoms with Crippen molar-refractivity contribution in [1.82, 2.24) is 0 Å². The fourth-order valence-corrected chi connectivity index (χ4v) is 6.31. The van der Waals surface area contributed by atoms with Crippen molar-refractivity contribution in [3.8, 4) is 11.5 Å². The van der Waals surface area contributed by atoms with Crippen molar-refractivity contribution in [2.24, 2.45) is 0 Å². The highest BCUT2D eigenvalue weighted by Gasteiger charge is 2.66. The van der Waals surface area contributed by atoms with Crippen LogP contribution in [0.1, 0.15) is 11.1 Å². The van der Waals surface area contributed by atoms with Crippen LogP contribution < -0.4 is 20.2 Å². The predicted molar refractivity (Wildman–Crippen MR) is 139 cm³/mol. The van der Waals surface area contributed by atoms with E-state index in [1.807, 2.05) is 60.7 Å². The van der Waals surface area contributed by atoms with E-state index in [0.717, 1.165) is 33.4 Å². The minimum atomic E-state index is -2.25. The summed E-state index contributed by atoms with van der Waals surface area (Å²) < 4.78 is 25.1. The molecule has 4 aromatic rings. The Morgan fingerprint density at radius 2 is 1.03 bits per heavy atom. The second-order valence-corrected chi connectivity index (χ2v) is 10.1. The molecule has 2 unspecified atom stereocenters. The van der Waals surface area contributed by atoms with Crippen LogP contribution in [0.5, 0.6) is 11.5 Å². The third kappa shape index (κ3) is 2.45. The van der Waals surface area contributed by atoms with E-state index in [9.17, 15) is 0 Å². The van der Waals surface area contributed by atoms with Gasteiger partial charge in [-0.1, -0.05) is 71.7 Å². The molecule has 0 radical (unpaired) electrons. The molecule has 35 heavy (non-hydrogen) atoms. The first-order valence-corrected chi connectivity index (χ1v) is 12.3. The van der Waals surface area contributed by atoms with Crippen molar-refractivity contribution < 1.29 is 22.9 Å². The molecule has 4 aromatic carbocycles. The summed E-state index contributed by atoms with van der Waals surface area (Å²) in [5, 5.41) is 1.25. The fraction of sp³-hybridized carbons (Fsp3) is 0. The van der Waals surface area contributed by atoms with E-state index >= 15 is 0 Å². The Bertz CT molecular complexity index is 1570. The van der Waals surface area contributed by atoms with Crippen LogP contribution in [-0.2, 0) is 4.57 Å². The van der Waals surface area contributed by atoms with Crippen molar-refractivity contribution in [3.63, 3.8) is 0 Å². The third-order valence-corrected chi connectivity index (χ3v) is 7.88. The van der Waals surface area contributed by atoms with Crippen molar-refractivity contribution in [2.75, 3.05) is 0 Å². The topological polar surface area (TPSA) is 33.7 Å². The SMILES string of the molecule is Clc1ccc2c(c1)[N+]1=Cc3ccccc3[B-]34Oc5ccc(Cl)cc5[N+]3=Cc3ccccc3[B-]1(O2)O4. The predicted octanol–water partition coefficient (Wildman–Crippen LogP) is 4.34. The van der Waals surface area contributed by atoms with E-state index in [2.05, 4.69) is 45.7 Å². The van der Waals surface area contributed by atoms with Crippen molar-refractivity contribution >= 4 is 71.3 Å². The lowest BCUT2D eigenvalue weighted by atomic mass is 9.55. The zero-order valence-corrected chi connectivity index (χ0v) is 19.8. The normalized spacial score (nSPS) is 24.1. The van der Waals surface area contributed by atoms with E-state index in [-0.39, 0.29) is 0 Å². The van der Waals surface area contributed by atoms with Gasteiger partial charge in [0, 0.05) is 33.3 Å². The van der Waals surface area contributed by atoms with Crippen molar-refractivity contribution in [2.45, 2.75) is 0 Å². The van der Waals surface area contributed by atoms with Crippen LogP contribution in [0.25, 0.3) is 0 Å². The van der Waals surface area contributed by atoms with Gasteiger partial charge in [0.15, 0.2) is 11.4 Å². The molecule has 0 aromatic heterocycles. The maximum absolute atomic E-state index is 7.28. The van der Waals surface area contributed by atoms with Crippen LogP contribution in [0.15, 0.2) is 84.9 Å². The number of benzene rings is 4. The largest absolute Gasteiger partial charge is 0.628 e. The van der Waals surface area contributed by atoms with Crippen LogP contribution in [0, 0.1) is 0 Å². The number of nitrogens with zero attached hydrogens (tertiary/aromatic N) is 2. The van der Waals surface area contributed by atoms with Crippen LogP contribution in [0.2, 0.25) is 10.0 Å². The Kier molecular flexibility index (Phi) is 3.71. The summed E-state index contributed by atoms with van der Waals surface area (Å²) >= 11 is 12.9. The maximum Gasteiger partial charge on any atom is 0.597 e. The van der Waals surface area contributed by atoms with Gasteiger partial charge in [-0.3, -0.25) is 0 Å². The lowest BCUT2D eigenvalue weighted by Crippen LogP contribution is -2.71. The molecule has 8 rings (SSSR count). The molecule has 4 heterocycles. The van der Waals surface area contributed by atoms with E-state index in [1.54, 1.807) is 0 Å². The van der Waals surface area contributed by atoms with Gasteiger partial charge in [0.25, 0.3) is 0 Å². The van der Waals surface area contributed by atoms with Crippen molar-refractivity contribution in [3.05, 3.63) is 106 Å². The summed E-state index contributed by atoms with van der Waals surface area (Å²) in [7, 11) is 0. The van der Waals surface area contributed by atoms with Gasteiger partial charge >= 0.3 is 13.4 Å². The lowest BCUT2D eigenvalue weighted by molar-refractivity contribution is -0.335. The summed E-state index contributed by atoms with van der Waals surface area (Å²) in [6.07, 6.45) is 4.18. The van der Waals surface area contributed by atoms with E-state index in [0.29, 0.717) is 21.5 Å². The molecule has 2 bridgehead atoms. The summed E-state index contributed by atoms with van der Waals surface area (Å²) in [6, 6.07) is 27.6. The van der Waals surface area contributed by atoms with E-state index in [4.69, 9.17) is 37.1 Å². The average Bonchev–Trinajstić information content (AvgIpc) is 3.23. The van der Waals surface area contributed by atoms with Crippen LogP contribution >= 0.6 is 23.2 Å². The molecule has 0 saturated heterocycles. The summed E-state index contributed by atoms with van der Waals surface area (Å²) in [5.41, 5.74) is 5.50. The zero-order chi connectivity index (χ0) is 23.4. The average molecular weight is 497 g/mol. The highest BCUT2D eigenvalue weighted by atomic mass is 35.5. The fourth-order valence-electron chi connectivity index (χ4n) is 5.97. The van der Waals surface area contributed by atoms with Gasteiger partial charge in [-0.25, -0.2) is 0 Å². The first-order chi connectivity index (χ1) is 17.1. The number of fused-ring (bicyclic) bond motifs is 6. The van der Waals surface area contributed by atoms with Gasteiger partial charge in [0.2, 0.25) is 0 Å². The molecule has 4 aliphatic rings. The lowest BCUT2D eigenvalue weighted by Gasteiger charge is -2.40. The molecule has 2 spiro atoms. The highest BCUT2D eigenvalue weighted by molar-refractivity contribution is 6.90. The monoisotopic (exact) mass is 496 g/mol. The van der Waals surface area contributed by atoms with Gasteiger partial charge in [-0.2, -0.15) is 0 Å². The molecule has 0 fully saturated rings. The van der Waals surface area contributed by atoms with Gasteiger partial charge in [-0.05, 0) is 35.2 Å². The maximum atomic E-state index is 7.28. The molecule has 5 nitrogen and oxygen atoms in total. The van der Waals surface area contributed by atoms with E-state index < -0.39 is 13.4 Å². The van der Waals surface area contributed by atoms with Crippen molar-refractivity contribution in [1.29, 1.82) is 0 Å². The molecule has 0 N–H and O–H groups in total. The Hall–Kier alpha value is -3.51. The number of rotatable bonds is 0.